The van der Waals surface area contributed by atoms with Crippen molar-refractivity contribution in [2.24, 2.45) is 0 Å². The highest BCUT2D eigenvalue weighted by Crippen LogP contribution is 2.45. The SMILES string of the molecule is CNCc1ccccc1-c1csc([C@@H](C)NC(=O)c2cn(C3CC(F)(F)C3)c(=O)c3cn[nH]c23)c1. The van der Waals surface area contributed by atoms with Crippen molar-refractivity contribution in [2.75, 3.05) is 7.05 Å². The molecule has 182 valence electrons. The highest BCUT2D eigenvalue weighted by Gasteiger charge is 2.46. The molecule has 1 fully saturated rings. The lowest BCUT2D eigenvalue weighted by Crippen LogP contribution is -2.41. The van der Waals surface area contributed by atoms with E-state index in [0.29, 0.717) is 5.52 Å². The summed E-state index contributed by atoms with van der Waals surface area (Å²) < 4.78 is 28.2. The van der Waals surface area contributed by atoms with E-state index >= 15 is 0 Å². The Morgan fingerprint density at radius 2 is 2.11 bits per heavy atom. The standard InChI is InChI=1S/C25H25F2N5O2S/c1-14(21-7-16(13-35-21)18-6-4-3-5-15(18)10-28-2)30-23(33)20-12-32(17-8-25(26,27)9-17)24(34)19-11-29-31-22(19)20/h3-7,11-14,17,28H,8-10H2,1-2H3,(H,29,31)(H,30,33)/t14-/m1/s1. The van der Waals surface area contributed by atoms with E-state index < -0.39 is 36.3 Å². The van der Waals surface area contributed by atoms with E-state index in [2.05, 4.69) is 44.4 Å². The normalized spacial score (nSPS) is 16.2. The Hall–Kier alpha value is -3.37. The van der Waals surface area contributed by atoms with E-state index in [1.807, 2.05) is 26.1 Å². The first-order chi connectivity index (χ1) is 16.8. The number of fused-ring (bicyclic) bond motifs is 1. The van der Waals surface area contributed by atoms with Gasteiger partial charge >= 0.3 is 0 Å². The van der Waals surface area contributed by atoms with Crippen LogP contribution < -0.4 is 16.2 Å². The molecule has 1 aliphatic carbocycles. The molecule has 4 aromatic rings. The zero-order valence-corrected chi connectivity index (χ0v) is 20.1. The van der Waals surface area contributed by atoms with Crippen molar-refractivity contribution in [1.82, 2.24) is 25.4 Å². The lowest BCUT2D eigenvalue weighted by Gasteiger charge is -2.36. The Labute approximate surface area is 204 Å². The summed E-state index contributed by atoms with van der Waals surface area (Å²) in [6.07, 6.45) is 1.87. The molecule has 0 bridgehead atoms. The fourth-order valence-electron chi connectivity index (χ4n) is 4.54. The van der Waals surface area contributed by atoms with Crippen LogP contribution in [-0.2, 0) is 6.54 Å². The van der Waals surface area contributed by atoms with Gasteiger partial charge in [-0.2, -0.15) is 5.10 Å². The van der Waals surface area contributed by atoms with Crippen molar-refractivity contribution >= 4 is 28.1 Å². The Kier molecular flexibility index (Phi) is 6.02. The number of halogens is 2. The highest BCUT2D eigenvalue weighted by molar-refractivity contribution is 7.10. The number of nitrogens with zero attached hydrogens (tertiary/aromatic N) is 2. The van der Waals surface area contributed by atoms with Crippen molar-refractivity contribution in [2.45, 2.75) is 44.3 Å². The number of rotatable bonds is 7. The molecule has 5 rings (SSSR count). The number of aromatic amines is 1. The Balaban J connectivity index is 1.40. The molecule has 1 amide bonds. The smallest absolute Gasteiger partial charge is 0.261 e. The molecule has 7 nitrogen and oxygen atoms in total. The van der Waals surface area contributed by atoms with Gasteiger partial charge in [-0.15, -0.1) is 11.3 Å². The van der Waals surface area contributed by atoms with Crippen molar-refractivity contribution in [1.29, 1.82) is 0 Å². The summed E-state index contributed by atoms with van der Waals surface area (Å²) >= 11 is 1.55. The summed E-state index contributed by atoms with van der Waals surface area (Å²) in [6.45, 7) is 2.64. The Morgan fingerprint density at radius 3 is 2.86 bits per heavy atom. The van der Waals surface area contributed by atoms with Crippen molar-refractivity contribution in [3.8, 4) is 11.1 Å². The average molecular weight is 498 g/mol. The number of thiophene rings is 1. The van der Waals surface area contributed by atoms with Crippen LogP contribution in [0.2, 0.25) is 0 Å². The minimum Gasteiger partial charge on any atom is -0.345 e. The number of aromatic nitrogens is 3. The number of carbonyl (C=O) groups is 1. The van der Waals surface area contributed by atoms with Gasteiger partial charge in [-0.05, 0) is 42.1 Å². The predicted octanol–water partition coefficient (Wildman–Crippen LogP) is 4.63. The third kappa shape index (κ3) is 4.39. The van der Waals surface area contributed by atoms with Crippen LogP contribution in [0.1, 0.15) is 52.6 Å². The van der Waals surface area contributed by atoms with Gasteiger partial charge in [0.2, 0.25) is 0 Å². The van der Waals surface area contributed by atoms with E-state index in [0.717, 1.165) is 22.5 Å². The van der Waals surface area contributed by atoms with Gasteiger partial charge in [-0.3, -0.25) is 14.7 Å². The van der Waals surface area contributed by atoms with E-state index in [-0.39, 0.29) is 17.0 Å². The monoisotopic (exact) mass is 497 g/mol. The molecule has 1 saturated carbocycles. The number of H-pyrrole nitrogens is 1. The van der Waals surface area contributed by atoms with Crippen LogP contribution in [0.15, 0.2) is 52.9 Å². The number of hydrogen-bond donors (Lipinski definition) is 3. The van der Waals surface area contributed by atoms with Crippen LogP contribution in [0.3, 0.4) is 0 Å². The summed E-state index contributed by atoms with van der Waals surface area (Å²) in [5.74, 6) is -3.19. The summed E-state index contributed by atoms with van der Waals surface area (Å²) in [5.41, 5.74) is 3.47. The van der Waals surface area contributed by atoms with Crippen LogP contribution in [0.4, 0.5) is 8.78 Å². The number of carbonyl (C=O) groups excluding carboxylic acids is 1. The van der Waals surface area contributed by atoms with Gasteiger partial charge in [0.05, 0.1) is 28.7 Å². The third-order valence-corrected chi connectivity index (χ3v) is 7.55. The van der Waals surface area contributed by atoms with Gasteiger partial charge in [-0.1, -0.05) is 24.3 Å². The second-order valence-corrected chi connectivity index (χ2v) is 9.90. The predicted molar refractivity (Wildman–Crippen MR) is 132 cm³/mol. The minimum atomic E-state index is -2.78. The lowest BCUT2D eigenvalue weighted by atomic mass is 9.87. The van der Waals surface area contributed by atoms with Crippen LogP contribution >= 0.6 is 11.3 Å². The second kappa shape index (κ2) is 9.01. The largest absolute Gasteiger partial charge is 0.345 e. The number of nitrogens with one attached hydrogen (secondary N) is 3. The highest BCUT2D eigenvalue weighted by atomic mass is 32.1. The molecular formula is C25H25F2N5O2S. The Bertz CT molecular complexity index is 1450. The van der Waals surface area contributed by atoms with E-state index in [9.17, 15) is 18.4 Å². The number of amides is 1. The first-order valence-corrected chi connectivity index (χ1v) is 12.2. The first kappa shape index (κ1) is 23.4. The fraction of sp³-hybridized carbons (Fsp3) is 0.320. The Morgan fingerprint density at radius 1 is 1.34 bits per heavy atom. The number of pyridine rings is 1. The molecule has 0 aliphatic heterocycles. The maximum absolute atomic E-state index is 13.5. The molecule has 1 aromatic carbocycles. The summed E-state index contributed by atoms with van der Waals surface area (Å²) in [7, 11) is 1.91. The van der Waals surface area contributed by atoms with Crippen LogP contribution in [0, 0.1) is 0 Å². The zero-order valence-electron chi connectivity index (χ0n) is 19.3. The summed E-state index contributed by atoms with van der Waals surface area (Å²) in [6, 6.07) is 9.28. The van der Waals surface area contributed by atoms with Crippen molar-refractivity contribution in [3.05, 3.63) is 74.5 Å². The number of hydrogen-bond acceptors (Lipinski definition) is 5. The average Bonchev–Trinajstić information content (AvgIpc) is 3.49. The van der Waals surface area contributed by atoms with Crippen LogP contribution in [0.25, 0.3) is 22.0 Å². The molecule has 0 radical (unpaired) electrons. The van der Waals surface area contributed by atoms with Crippen molar-refractivity contribution < 1.29 is 13.6 Å². The molecule has 1 atom stereocenters. The maximum Gasteiger partial charge on any atom is 0.261 e. The molecule has 0 spiro atoms. The molecule has 3 aromatic heterocycles. The van der Waals surface area contributed by atoms with E-state index in [1.165, 1.54) is 22.5 Å². The fourth-order valence-corrected chi connectivity index (χ4v) is 5.45. The van der Waals surface area contributed by atoms with Gasteiger partial charge < -0.3 is 15.2 Å². The van der Waals surface area contributed by atoms with Gasteiger partial charge in [-0.25, -0.2) is 8.78 Å². The number of alkyl halides is 2. The number of benzene rings is 1. The molecule has 10 heteroatoms. The molecule has 3 heterocycles. The van der Waals surface area contributed by atoms with Crippen LogP contribution in [0.5, 0.6) is 0 Å². The van der Waals surface area contributed by atoms with Gasteiger partial charge in [0.15, 0.2) is 0 Å². The van der Waals surface area contributed by atoms with Crippen molar-refractivity contribution in [3.63, 3.8) is 0 Å². The minimum absolute atomic E-state index is 0.204. The third-order valence-electron chi connectivity index (χ3n) is 6.44. The molecular weight excluding hydrogens is 472 g/mol. The molecule has 0 saturated heterocycles. The molecule has 1 aliphatic rings. The molecule has 35 heavy (non-hydrogen) atoms. The first-order valence-electron chi connectivity index (χ1n) is 11.4. The van der Waals surface area contributed by atoms with E-state index in [4.69, 9.17) is 0 Å². The quantitative estimate of drug-likeness (QED) is 0.347. The van der Waals surface area contributed by atoms with E-state index in [1.54, 1.807) is 11.3 Å². The van der Waals surface area contributed by atoms with Gasteiger partial charge in [0.25, 0.3) is 17.4 Å². The summed E-state index contributed by atoms with van der Waals surface area (Å²) in [5, 5.41) is 15.1. The maximum atomic E-state index is 13.5. The zero-order chi connectivity index (χ0) is 24.7. The van der Waals surface area contributed by atoms with Gasteiger partial charge in [0.1, 0.15) is 0 Å². The topological polar surface area (TPSA) is 91.8 Å². The molecule has 3 N–H and O–H groups in total. The lowest BCUT2D eigenvalue weighted by molar-refractivity contribution is -0.104. The summed E-state index contributed by atoms with van der Waals surface area (Å²) in [4.78, 5) is 27.0. The second-order valence-electron chi connectivity index (χ2n) is 8.95. The van der Waals surface area contributed by atoms with Gasteiger partial charge in [0, 0.05) is 36.5 Å². The van der Waals surface area contributed by atoms with Crippen LogP contribution in [-0.4, -0.2) is 33.6 Å². The molecule has 0 unspecified atom stereocenters.